The van der Waals surface area contributed by atoms with Gasteiger partial charge in [-0.2, -0.15) is 5.26 Å². The molecule has 0 spiro atoms. The molecule has 0 amide bonds. The van der Waals surface area contributed by atoms with E-state index in [4.69, 9.17) is 19.5 Å². The number of benzene rings is 2. The Balaban J connectivity index is 1.91. The molecule has 0 radical (unpaired) electrons. The summed E-state index contributed by atoms with van der Waals surface area (Å²) < 4.78 is 17.7. The largest absolute Gasteiger partial charge is 0.497 e. The molecule has 0 unspecified atom stereocenters. The van der Waals surface area contributed by atoms with Gasteiger partial charge in [0.05, 0.1) is 25.9 Å². The molecule has 0 saturated heterocycles. The molecular formula is C24H25NO3. The van der Waals surface area contributed by atoms with Gasteiger partial charge in [0.2, 0.25) is 0 Å². The molecule has 144 valence electrons. The summed E-state index contributed by atoms with van der Waals surface area (Å²) in [5.74, 6) is 2.42. The van der Waals surface area contributed by atoms with Gasteiger partial charge in [0.15, 0.2) is 5.60 Å². The van der Waals surface area contributed by atoms with Crippen LogP contribution in [0.15, 0.2) is 54.3 Å². The maximum Gasteiger partial charge on any atom is 0.153 e. The lowest BCUT2D eigenvalue weighted by atomic mass is 9.79. The molecule has 0 aliphatic heterocycles. The normalized spacial score (nSPS) is 26.1. The van der Waals surface area contributed by atoms with Crippen LogP contribution in [0.3, 0.4) is 0 Å². The zero-order valence-corrected chi connectivity index (χ0v) is 16.6. The van der Waals surface area contributed by atoms with Crippen molar-refractivity contribution in [2.75, 3.05) is 21.3 Å². The number of ether oxygens (including phenoxy) is 3. The van der Waals surface area contributed by atoms with E-state index in [0.29, 0.717) is 17.4 Å². The monoisotopic (exact) mass is 375 g/mol. The number of hydrogen-bond acceptors (Lipinski definition) is 4. The van der Waals surface area contributed by atoms with E-state index in [9.17, 15) is 0 Å². The smallest absolute Gasteiger partial charge is 0.153 e. The maximum absolute atomic E-state index is 9.14. The van der Waals surface area contributed by atoms with Crippen molar-refractivity contribution in [3.63, 3.8) is 0 Å². The third-order valence-electron chi connectivity index (χ3n) is 6.36. The van der Waals surface area contributed by atoms with Crippen molar-refractivity contribution >= 4 is 5.57 Å². The SMILES string of the molecule is COC1=C(c2ccc(C#N)cc2)[C@H]2CCC[C@H]2[C@]1(OC)c1ccc(OC)cc1. The summed E-state index contributed by atoms with van der Waals surface area (Å²) in [4.78, 5) is 0. The van der Waals surface area contributed by atoms with Crippen LogP contribution in [0.25, 0.3) is 5.57 Å². The quantitative estimate of drug-likeness (QED) is 0.746. The van der Waals surface area contributed by atoms with Gasteiger partial charge in [-0.1, -0.05) is 30.7 Å². The number of fused-ring (bicyclic) bond motifs is 1. The van der Waals surface area contributed by atoms with Gasteiger partial charge in [0.25, 0.3) is 0 Å². The average molecular weight is 375 g/mol. The Morgan fingerprint density at radius 1 is 0.929 bits per heavy atom. The maximum atomic E-state index is 9.14. The van der Waals surface area contributed by atoms with Gasteiger partial charge < -0.3 is 14.2 Å². The van der Waals surface area contributed by atoms with Crippen LogP contribution in [0.1, 0.15) is 36.0 Å². The van der Waals surface area contributed by atoms with Gasteiger partial charge in [-0.25, -0.2) is 0 Å². The van der Waals surface area contributed by atoms with Crippen molar-refractivity contribution in [1.29, 1.82) is 5.26 Å². The fourth-order valence-electron chi connectivity index (χ4n) is 5.21. The molecule has 0 N–H and O–H groups in total. The lowest BCUT2D eigenvalue weighted by Crippen LogP contribution is -2.37. The average Bonchev–Trinajstić information content (AvgIpc) is 3.33. The minimum Gasteiger partial charge on any atom is -0.497 e. The van der Waals surface area contributed by atoms with E-state index < -0.39 is 5.60 Å². The van der Waals surface area contributed by atoms with Crippen LogP contribution in [0.5, 0.6) is 5.75 Å². The van der Waals surface area contributed by atoms with Crippen LogP contribution in [-0.2, 0) is 15.1 Å². The molecule has 1 saturated carbocycles. The standard InChI is InChI=1S/C24H25NO3/c1-26-19-13-11-18(12-14-19)24(28-3)21-6-4-5-20(21)22(23(24)27-2)17-9-7-16(15-25)8-10-17/h7-14,20-21H,4-6H2,1-3H3/t20-,21+,24+/m0/s1. The Kier molecular flexibility index (Phi) is 4.87. The van der Waals surface area contributed by atoms with Crippen LogP contribution in [0.2, 0.25) is 0 Å². The first-order valence-electron chi connectivity index (χ1n) is 9.68. The zero-order valence-electron chi connectivity index (χ0n) is 16.6. The van der Waals surface area contributed by atoms with Gasteiger partial charge in [-0.15, -0.1) is 0 Å². The molecule has 0 heterocycles. The highest BCUT2D eigenvalue weighted by atomic mass is 16.5. The van der Waals surface area contributed by atoms with Gasteiger partial charge in [0, 0.05) is 18.6 Å². The van der Waals surface area contributed by atoms with Crippen LogP contribution < -0.4 is 4.74 Å². The van der Waals surface area contributed by atoms with Crippen LogP contribution in [-0.4, -0.2) is 21.3 Å². The molecule has 2 aromatic carbocycles. The summed E-state index contributed by atoms with van der Waals surface area (Å²) in [6.45, 7) is 0. The number of allylic oxidation sites excluding steroid dienone is 1. The van der Waals surface area contributed by atoms with E-state index in [1.165, 1.54) is 12.0 Å². The van der Waals surface area contributed by atoms with Crippen molar-refractivity contribution in [2.45, 2.75) is 24.9 Å². The van der Waals surface area contributed by atoms with E-state index in [1.807, 2.05) is 36.4 Å². The molecule has 4 nitrogen and oxygen atoms in total. The molecule has 4 rings (SSSR count). The third kappa shape index (κ3) is 2.62. The third-order valence-corrected chi connectivity index (χ3v) is 6.36. The van der Waals surface area contributed by atoms with Crippen molar-refractivity contribution in [3.8, 4) is 11.8 Å². The Hall–Kier alpha value is -2.77. The lowest BCUT2D eigenvalue weighted by molar-refractivity contribution is -0.0604. The van der Waals surface area contributed by atoms with Crippen LogP contribution >= 0.6 is 0 Å². The second kappa shape index (κ2) is 7.33. The van der Waals surface area contributed by atoms with E-state index >= 15 is 0 Å². The molecule has 4 heteroatoms. The summed E-state index contributed by atoms with van der Waals surface area (Å²) in [5, 5.41) is 9.14. The van der Waals surface area contributed by atoms with Crippen LogP contribution in [0, 0.1) is 23.2 Å². The first-order valence-corrected chi connectivity index (χ1v) is 9.68. The summed E-state index contributed by atoms with van der Waals surface area (Å²) in [7, 11) is 5.19. The highest BCUT2D eigenvalue weighted by Gasteiger charge is 2.58. The van der Waals surface area contributed by atoms with Crippen molar-refractivity contribution in [3.05, 3.63) is 71.0 Å². The van der Waals surface area contributed by atoms with Crippen molar-refractivity contribution in [2.24, 2.45) is 11.8 Å². The number of methoxy groups -OCH3 is 3. The highest BCUT2D eigenvalue weighted by Crippen LogP contribution is 2.61. The second-order valence-corrected chi connectivity index (χ2v) is 7.45. The Morgan fingerprint density at radius 3 is 2.21 bits per heavy atom. The van der Waals surface area contributed by atoms with Gasteiger partial charge in [-0.05, 0) is 54.2 Å². The zero-order chi connectivity index (χ0) is 19.7. The number of nitriles is 1. The number of hydrogen-bond donors (Lipinski definition) is 0. The van der Waals surface area contributed by atoms with Gasteiger partial charge >= 0.3 is 0 Å². The second-order valence-electron chi connectivity index (χ2n) is 7.45. The summed E-state index contributed by atoms with van der Waals surface area (Å²) in [6.07, 6.45) is 3.39. The molecule has 1 fully saturated rings. The summed E-state index contributed by atoms with van der Waals surface area (Å²) in [6, 6.07) is 18.1. The van der Waals surface area contributed by atoms with Crippen LogP contribution in [0.4, 0.5) is 0 Å². The molecule has 0 bridgehead atoms. The predicted octanol–water partition coefficient (Wildman–Crippen LogP) is 4.90. The molecule has 28 heavy (non-hydrogen) atoms. The molecule has 0 aromatic heterocycles. The fraction of sp³-hybridized carbons (Fsp3) is 0.375. The summed E-state index contributed by atoms with van der Waals surface area (Å²) in [5.41, 5.74) is 3.48. The van der Waals surface area contributed by atoms with Crippen molar-refractivity contribution < 1.29 is 14.2 Å². The molecule has 3 atom stereocenters. The Labute approximate surface area is 166 Å². The predicted molar refractivity (Wildman–Crippen MR) is 108 cm³/mol. The Morgan fingerprint density at radius 2 is 1.64 bits per heavy atom. The van der Waals surface area contributed by atoms with E-state index in [1.54, 1.807) is 21.3 Å². The molecular weight excluding hydrogens is 350 g/mol. The molecule has 2 aliphatic rings. The number of rotatable bonds is 5. The van der Waals surface area contributed by atoms with E-state index in [0.717, 1.165) is 35.5 Å². The topological polar surface area (TPSA) is 51.5 Å². The van der Waals surface area contributed by atoms with E-state index in [2.05, 4.69) is 18.2 Å². The first kappa shape index (κ1) is 18.6. The van der Waals surface area contributed by atoms with Crippen molar-refractivity contribution in [1.82, 2.24) is 0 Å². The van der Waals surface area contributed by atoms with Gasteiger partial charge in [-0.3, -0.25) is 0 Å². The first-order chi connectivity index (χ1) is 13.7. The minimum atomic E-state index is -0.606. The highest BCUT2D eigenvalue weighted by molar-refractivity contribution is 5.75. The minimum absolute atomic E-state index is 0.325. The Bertz CT molecular complexity index is 924. The lowest BCUT2D eigenvalue weighted by Gasteiger charge is -2.36. The molecule has 2 aromatic rings. The summed E-state index contributed by atoms with van der Waals surface area (Å²) >= 11 is 0. The molecule has 2 aliphatic carbocycles. The fourth-order valence-corrected chi connectivity index (χ4v) is 5.21. The number of nitrogens with zero attached hydrogens (tertiary/aromatic N) is 1. The van der Waals surface area contributed by atoms with Gasteiger partial charge in [0.1, 0.15) is 11.5 Å². The van der Waals surface area contributed by atoms with E-state index in [-0.39, 0.29) is 0 Å².